The van der Waals surface area contributed by atoms with E-state index in [1.54, 1.807) is 0 Å². The highest BCUT2D eigenvalue weighted by molar-refractivity contribution is 6.31. The molecule has 0 unspecified atom stereocenters. The molecule has 1 aliphatic rings. The third-order valence-electron chi connectivity index (χ3n) is 3.97. The van der Waals surface area contributed by atoms with Gasteiger partial charge in [0.05, 0.1) is 0 Å². The van der Waals surface area contributed by atoms with E-state index in [9.17, 15) is 14.4 Å². The van der Waals surface area contributed by atoms with E-state index in [4.69, 9.17) is 21.8 Å². The Morgan fingerprint density at radius 1 is 1.04 bits per heavy atom. The number of aliphatic carboxylic acids is 2. The third kappa shape index (κ3) is 6.12. The van der Waals surface area contributed by atoms with E-state index in [0.29, 0.717) is 22.9 Å². The van der Waals surface area contributed by atoms with Crippen molar-refractivity contribution in [1.82, 2.24) is 14.8 Å². The predicted octanol–water partition coefficient (Wildman–Crippen LogP) is 1.92. The van der Waals surface area contributed by atoms with Crippen LogP contribution in [0.4, 0.5) is 0 Å². The minimum absolute atomic E-state index is 0.0698. The van der Waals surface area contributed by atoms with Crippen molar-refractivity contribution >= 4 is 40.3 Å². The second kappa shape index (κ2) is 9.20. The molecule has 0 bridgehead atoms. The summed E-state index contributed by atoms with van der Waals surface area (Å²) in [6, 6.07) is 7.47. The van der Waals surface area contributed by atoms with Gasteiger partial charge in [0.25, 0.3) is 5.91 Å². The van der Waals surface area contributed by atoms with Gasteiger partial charge in [-0.05, 0) is 31.3 Å². The number of amides is 1. The van der Waals surface area contributed by atoms with Crippen LogP contribution in [0.2, 0.25) is 5.02 Å². The minimum Gasteiger partial charge on any atom is -0.478 e. The minimum atomic E-state index is -1.26. The van der Waals surface area contributed by atoms with E-state index < -0.39 is 11.9 Å². The largest absolute Gasteiger partial charge is 0.478 e. The van der Waals surface area contributed by atoms with Crippen molar-refractivity contribution in [1.29, 1.82) is 0 Å². The number of hydrogen-bond acceptors (Lipinski definition) is 4. The second-order valence-corrected chi connectivity index (χ2v) is 6.46. The Kier molecular flexibility index (Phi) is 6.98. The topological polar surface area (TPSA) is 114 Å². The number of H-pyrrole nitrogens is 1. The lowest BCUT2D eigenvalue weighted by molar-refractivity contribution is -0.134. The molecule has 9 heteroatoms. The number of rotatable bonds is 3. The van der Waals surface area contributed by atoms with Crippen LogP contribution in [0.15, 0.2) is 36.4 Å². The number of aromatic nitrogens is 1. The first-order valence-electron chi connectivity index (χ1n) is 8.16. The molecule has 0 saturated carbocycles. The average molecular weight is 394 g/mol. The SMILES string of the molecule is CN1CCN(C(=O)c2cc3cc(Cl)ccc3[nH]2)CC1.O=C(O)/C=C\C(=O)O. The first-order valence-corrected chi connectivity index (χ1v) is 8.54. The molecule has 1 aromatic carbocycles. The number of likely N-dealkylation sites (N-methyl/N-ethyl adjacent to an activating group) is 1. The second-order valence-electron chi connectivity index (χ2n) is 6.02. The molecule has 1 fully saturated rings. The van der Waals surface area contributed by atoms with E-state index in [-0.39, 0.29) is 5.91 Å². The summed E-state index contributed by atoms with van der Waals surface area (Å²) < 4.78 is 0. The fourth-order valence-corrected chi connectivity index (χ4v) is 2.72. The number of carboxylic acids is 2. The Hall–Kier alpha value is -2.84. The Bertz CT molecular complexity index is 853. The summed E-state index contributed by atoms with van der Waals surface area (Å²) in [6.07, 6.45) is 1.12. The highest BCUT2D eigenvalue weighted by atomic mass is 35.5. The number of carboxylic acid groups (broad SMARTS) is 2. The lowest BCUT2D eigenvalue weighted by atomic mass is 10.2. The van der Waals surface area contributed by atoms with E-state index in [1.807, 2.05) is 29.2 Å². The maximum Gasteiger partial charge on any atom is 0.328 e. The number of carbonyl (C=O) groups excluding carboxylic acids is 1. The number of hydrogen-bond donors (Lipinski definition) is 3. The molecule has 0 radical (unpaired) electrons. The predicted molar refractivity (Wildman–Crippen MR) is 101 cm³/mol. The van der Waals surface area contributed by atoms with Crippen LogP contribution >= 0.6 is 11.6 Å². The van der Waals surface area contributed by atoms with E-state index in [2.05, 4.69) is 16.9 Å². The summed E-state index contributed by atoms with van der Waals surface area (Å²) >= 11 is 5.96. The molecule has 144 valence electrons. The van der Waals surface area contributed by atoms with Crippen LogP contribution in [0, 0.1) is 0 Å². The molecule has 1 amide bonds. The van der Waals surface area contributed by atoms with Gasteiger partial charge in [-0.25, -0.2) is 9.59 Å². The quantitative estimate of drug-likeness (QED) is 0.686. The number of nitrogens with one attached hydrogen (secondary N) is 1. The number of piperazine rings is 1. The number of benzene rings is 1. The highest BCUT2D eigenvalue weighted by Crippen LogP contribution is 2.21. The maximum absolute atomic E-state index is 12.4. The number of fused-ring (bicyclic) bond motifs is 1. The molecule has 2 aromatic rings. The molecule has 1 aliphatic heterocycles. The van der Waals surface area contributed by atoms with Crippen LogP contribution in [0.25, 0.3) is 10.9 Å². The Labute approximate surface area is 160 Å². The van der Waals surface area contributed by atoms with Gasteiger partial charge in [0.15, 0.2) is 0 Å². The Balaban J connectivity index is 0.000000279. The zero-order valence-electron chi connectivity index (χ0n) is 14.7. The van der Waals surface area contributed by atoms with Gasteiger partial charge in [-0.1, -0.05) is 11.6 Å². The van der Waals surface area contributed by atoms with Crippen molar-refractivity contribution in [3.8, 4) is 0 Å². The Morgan fingerprint density at radius 3 is 2.19 bits per heavy atom. The van der Waals surface area contributed by atoms with Crippen molar-refractivity contribution in [2.75, 3.05) is 33.2 Å². The summed E-state index contributed by atoms with van der Waals surface area (Å²) in [5.41, 5.74) is 1.59. The Morgan fingerprint density at radius 2 is 1.63 bits per heavy atom. The van der Waals surface area contributed by atoms with Crippen LogP contribution in [-0.4, -0.2) is 76.1 Å². The maximum atomic E-state index is 12.4. The van der Waals surface area contributed by atoms with Gasteiger partial charge < -0.3 is 25.0 Å². The smallest absolute Gasteiger partial charge is 0.328 e. The lowest BCUT2D eigenvalue weighted by Gasteiger charge is -2.32. The summed E-state index contributed by atoms with van der Waals surface area (Å²) in [5, 5.41) is 17.3. The van der Waals surface area contributed by atoms with Gasteiger partial charge in [0.2, 0.25) is 0 Å². The van der Waals surface area contributed by atoms with Crippen LogP contribution in [0.1, 0.15) is 10.5 Å². The zero-order valence-corrected chi connectivity index (χ0v) is 15.4. The number of aromatic amines is 1. The summed E-state index contributed by atoms with van der Waals surface area (Å²) in [6.45, 7) is 3.42. The van der Waals surface area contributed by atoms with Crippen molar-refractivity contribution in [3.05, 3.63) is 47.1 Å². The van der Waals surface area contributed by atoms with Crippen molar-refractivity contribution < 1.29 is 24.6 Å². The molecule has 27 heavy (non-hydrogen) atoms. The van der Waals surface area contributed by atoms with Gasteiger partial charge >= 0.3 is 11.9 Å². The van der Waals surface area contributed by atoms with Crippen LogP contribution in [-0.2, 0) is 9.59 Å². The number of halogens is 1. The average Bonchev–Trinajstić information content (AvgIpc) is 3.03. The van der Waals surface area contributed by atoms with E-state index in [0.717, 1.165) is 37.1 Å². The first-order chi connectivity index (χ1) is 12.8. The van der Waals surface area contributed by atoms with Crippen molar-refractivity contribution in [2.45, 2.75) is 0 Å². The van der Waals surface area contributed by atoms with E-state index >= 15 is 0 Å². The molecule has 0 spiro atoms. The van der Waals surface area contributed by atoms with Crippen LogP contribution < -0.4 is 0 Å². The van der Waals surface area contributed by atoms with Gasteiger partial charge in [-0.3, -0.25) is 4.79 Å². The molecular weight excluding hydrogens is 374 g/mol. The van der Waals surface area contributed by atoms with Crippen LogP contribution in [0.3, 0.4) is 0 Å². The highest BCUT2D eigenvalue weighted by Gasteiger charge is 2.21. The van der Waals surface area contributed by atoms with Crippen LogP contribution in [0.5, 0.6) is 0 Å². The summed E-state index contributed by atoms with van der Waals surface area (Å²) in [7, 11) is 2.08. The summed E-state index contributed by atoms with van der Waals surface area (Å²) in [5.74, 6) is -2.44. The standard InChI is InChI=1S/C14H16ClN3O.C4H4O4/c1-17-4-6-18(7-5-17)14(19)13-9-10-8-11(15)2-3-12(10)16-13;5-3(6)1-2-4(7)8/h2-3,8-9,16H,4-7H2,1H3;1-2H,(H,5,6)(H,7,8)/b;2-1-. The molecule has 0 aliphatic carbocycles. The monoisotopic (exact) mass is 393 g/mol. The lowest BCUT2D eigenvalue weighted by Crippen LogP contribution is -2.47. The van der Waals surface area contributed by atoms with Gasteiger partial charge in [0.1, 0.15) is 5.69 Å². The van der Waals surface area contributed by atoms with Gasteiger partial charge in [0, 0.05) is 54.3 Å². The fourth-order valence-electron chi connectivity index (χ4n) is 2.54. The molecule has 2 heterocycles. The number of carbonyl (C=O) groups is 3. The molecule has 3 N–H and O–H groups in total. The zero-order chi connectivity index (χ0) is 20.0. The molecule has 8 nitrogen and oxygen atoms in total. The van der Waals surface area contributed by atoms with Gasteiger partial charge in [-0.2, -0.15) is 0 Å². The van der Waals surface area contributed by atoms with Crippen molar-refractivity contribution in [2.24, 2.45) is 0 Å². The molecule has 1 saturated heterocycles. The fraction of sp³-hybridized carbons (Fsp3) is 0.278. The molecule has 1 aromatic heterocycles. The number of nitrogens with zero attached hydrogens (tertiary/aromatic N) is 2. The third-order valence-corrected chi connectivity index (χ3v) is 4.21. The molecule has 3 rings (SSSR count). The van der Waals surface area contributed by atoms with Crippen molar-refractivity contribution in [3.63, 3.8) is 0 Å². The first kappa shape index (κ1) is 20.5. The molecule has 0 atom stereocenters. The summed E-state index contributed by atoms with van der Waals surface area (Å²) in [4.78, 5) is 38.8. The normalized spacial score (nSPS) is 14.8. The van der Waals surface area contributed by atoms with E-state index in [1.165, 1.54) is 0 Å². The molecular formula is C18H20ClN3O5. The van der Waals surface area contributed by atoms with Gasteiger partial charge in [-0.15, -0.1) is 0 Å².